The van der Waals surface area contributed by atoms with E-state index in [0.717, 1.165) is 15.6 Å². The Morgan fingerprint density at radius 1 is 1.27 bits per heavy atom. The van der Waals surface area contributed by atoms with Crippen molar-refractivity contribution in [3.05, 3.63) is 33.8 Å². The van der Waals surface area contributed by atoms with Gasteiger partial charge in [-0.25, -0.2) is 0 Å². The van der Waals surface area contributed by atoms with Crippen LogP contribution in [0.25, 0.3) is 0 Å². The molecule has 1 aliphatic carbocycles. The normalized spacial score (nSPS) is 27.8. The molecular weight excluding hydrogens is 229 g/mol. The Balaban J connectivity index is 2.41. The Kier molecular flexibility index (Phi) is 2.74. The van der Waals surface area contributed by atoms with Crippen molar-refractivity contribution in [3.8, 4) is 0 Å². The smallest absolute Gasteiger partial charge is 0.0456 e. The maximum Gasteiger partial charge on any atom is 0.0456 e. The molecule has 1 fully saturated rings. The highest BCUT2D eigenvalue weighted by Gasteiger charge is 2.58. The predicted molar refractivity (Wildman–Crippen MR) is 65.5 cm³/mol. The van der Waals surface area contributed by atoms with Crippen LogP contribution in [0.4, 0.5) is 0 Å². The van der Waals surface area contributed by atoms with Gasteiger partial charge in [0, 0.05) is 10.0 Å². The van der Waals surface area contributed by atoms with Gasteiger partial charge < -0.3 is 5.73 Å². The molecule has 0 aromatic heterocycles. The lowest BCUT2D eigenvalue weighted by atomic mass is 10.0. The van der Waals surface area contributed by atoms with Crippen molar-refractivity contribution in [2.45, 2.75) is 19.8 Å². The molecular formula is C12H15Cl2N. The number of hydrogen-bond acceptors (Lipinski definition) is 1. The monoisotopic (exact) mass is 243 g/mol. The Morgan fingerprint density at radius 3 is 2.20 bits per heavy atom. The van der Waals surface area contributed by atoms with E-state index in [1.165, 1.54) is 0 Å². The SMILES string of the molecule is CC1(C)[C@@H](CN)[C@@H]1c1c(Cl)cccc1Cl. The van der Waals surface area contributed by atoms with Crippen molar-refractivity contribution >= 4 is 23.2 Å². The highest BCUT2D eigenvalue weighted by atomic mass is 35.5. The molecule has 2 N–H and O–H groups in total. The largest absolute Gasteiger partial charge is 0.330 e. The van der Waals surface area contributed by atoms with Gasteiger partial charge in [0.15, 0.2) is 0 Å². The van der Waals surface area contributed by atoms with Crippen molar-refractivity contribution in [2.75, 3.05) is 6.54 Å². The van der Waals surface area contributed by atoms with Crippen molar-refractivity contribution in [1.82, 2.24) is 0 Å². The summed E-state index contributed by atoms with van der Waals surface area (Å²) in [6.07, 6.45) is 0. The van der Waals surface area contributed by atoms with Crippen LogP contribution >= 0.6 is 23.2 Å². The number of nitrogens with two attached hydrogens (primary N) is 1. The van der Waals surface area contributed by atoms with Crippen LogP contribution in [-0.2, 0) is 0 Å². The fraction of sp³-hybridized carbons (Fsp3) is 0.500. The summed E-state index contributed by atoms with van der Waals surface area (Å²) >= 11 is 12.4. The van der Waals surface area contributed by atoms with Crippen molar-refractivity contribution in [1.29, 1.82) is 0 Å². The number of benzene rings is 1. The molecule has 1 saturated carbocycles. The lowest BCUT2D eigenvalue weighted by Gasteiger charge is -2.07. The third kappa shape index (κ3) is 1.67. The number of halogens is 2. The summed E-state index contributed by atoms with van der Waals surface area (Å²) in [5, 5.41) is 1.52. The van der Waals surface area contributed by atoms with Gasteiger partial charge in [-0.15, -0.1) is 0 Å². The zero-order chi connectivity index (χ0) is 11.2. The fourth-order valence-corrected chi connectivity index (χ4v) is 3.20. The fourth-order valence-electron chi connectivity index (χ4n) is 2.56. The second-order valence-electron chi connectivity index (χ2n) is 4.78. The average molecular weight is 244 g/mol. The summed E-state index contributed by atoms with van der Waals surface area (Å²) in [6.45, 7) is 5.13. The van der Waals surface area contributed by atoms with Crippen LogP contribution in [0, 0.1) is 11.3 Å². The lowest BCUT2D eigenvalue weighted by molar-refractivity contribution is 0.558. The topological polar surface area (TPSA) is 26.0 Å². The van der Waals surface area contributed by atoms with Gasteiger partial charge in [0.05, 0.1) is 0 Å². The van der Waals surface area contributed by atoms with Crippen LogP contribution in [0.1, 0.15) is 25.3 Å². The summed E-state index contributed by atoms with van der Waals surface area (Å²) in [5.74, 6) is 0.901. The standard InChI is InChI=1S/C12H15Cl2N/c1-12(2)7(6-15)11(12)10-8(13)4-3-5-9(10)14/h3-5,7,11H,6,15H2,1-2H3/t7-,11+/m0/s1. The summed E-state index contributed by atoms with van der Waals surface area (Å²) < 4.78 is 0. The van der Waals surface area contributed by atoms with Gasteiger partial charge in [0.1, 0.15) is 0 Å². The van der Waals surface area contributed by atoms with Crippen LogP contribution in [0.15, 0.2) is 18.2 Å². The molecule has 82 valence electrons. The van der Waals surface area contributed by atoms with Gasteiger partial charge in [-0.1, -0.05) is 43.1 Å². The molecule has 1 aliphatic rings. The van der Waals surface area contributed by atoms with Crippen molar-refractivity contribution < 1.29 is 0 Å². The Hall–Kier alpha value is -0.240. The first kappa shape index (κ1) is 11.3. The van der Waals surface area contributed by atoms with Gasteiger partial charge in [0.2, 0.25) is 0 Å². The first-order chi connectivity index (χ1) is 7.00. The number of hydrogen-bond donors (Lipinski definition) is 1. The third-order valence-corrected chi connectivity index (χ3v) is 4.27. The average Bonchev–Trinajstić information content (AvgIpc) is 2.68. The minimum absolute atomic E-state index is 0.226. The molecule has 0 spiro atoms. The van der Waals surface area contributed by atoms with Gasteiger partial charge >= 0.3 is 0 Å². The molecule has 0 amide bonds. The molecule has 2 rings (SSSR count). The molecule has 1 aromatic carbocycles. The van der Waals surface area contributed by atoms with E-state index in [-0.39, 0.29) is 5.41 Å². The van der Waals surface area contributed by atoms with E-state index in [0.29, 0.717) is 18.4 Å². The van der Waals surface area contributed by atoms with Crippen LogP contribution in [-0.4, -0.2) is 6.54 Å². The molecule has 1 nitrogen and oxygen atoms in total. The second-order valence-corrected chi connectivity index (χ2v) is 5.59. The molecule has 1 aromatic rings. The third-order valence-electron chi connectivity index (χ3n) is 3.62. The molecule has 2 atom stereocenters. The minimum Gasteiger partial charge on any atom is -0.330 e. The Morgan fingerprint density at radius 2 is 1.80 bits per heavy atom. The molecule has 0 saturated heterocycles. The molecule has 0 unspecified atom stereocenters. The summed E-state index contributed by atoms with van der Waals surface area (Å²) in [5.41, 5.74) is 7.05. The molecule has 0 heterocycles. The van der Waals surface area contributed by atoms with Crippen LogP contribution in [0.2, 0.25) is 10.0 Å². The van der Waals surface area contributed by atoms with E-state index in [9.17, 15) is 0 Å². The lowest BCUT2D eigenvalue weighted by Crippen LogP contribution is -2.05. The maximum absolute atomic E-state index is 6.19. The quantitative estimate of drug-likeness (QED) is 0.843. The second kappa shape index (κ2) is 3.65. The molecule has 0 bridgehead atoms. The van der Waals surface area contributed by atoms with E-state index >= 15 is 0 Å². The highest BCUT2D eigenvalue weighted by Crippen LogP contribution is 2.65. The molecule has 0 aliphatic heterocycles. The predicted octanol–water partition coefficient (Wildman–Crippen LogP) is 3.69. The van der Waals surface area contributed by atoms with Gasteiger partial charge in [-0.2, -0.15) is 0 Å². The van der Waals surface area contributed by atoms with Gasteiger partial charge in [-0.05, 0) is 41.5 Å². The van der Waals surface area contributed by atoms with E-state index in [4.69, 9.17) is 28.9 Å². The Bertz CT molecular complexity index is 367. The highest BCUT2D eigenvalue weighted by molar-refractivity contribution is 6.36. The zero-order valence-electron chi connectivity index (χ0n) is 8.93. The van der Waals surface area contributed by atoms with Gasteiger partial charge in [0.25, 0.3) is 0 Å². The van der Waals surface area contributed by atoms with Crippen molar-refractivity contribution in [2.24, 2.45) is 17.1 Å². The van der Waals surface area contributed by atoms with Crippen LogP contribution in [0.5, 0.6) is 0 Å². The Labute approximate surface area is 101 Å². The number of rotatable bonds is 2. The van der Waals surface area contributed by atoms with Crippen LogP contribution in [0.3, 0.4) is 0 Å². The summed E-state index contributed by atoms with van der Waals surface area (Å²) in [4.78, 5) is 0. The van der Waals surface area contributed by atoms with E-state index in [1.54, 1.807) is 0 Å². The molecule has 0 radical (unpaired) electrons. The first-order valence-corrected chi connectivity index (χ1v) is 5.89. The summed E-state index contributed by atoms with van der Waals surface area (Å²) in [7, 11) is 0. The van der Waals surface area contributed by atoms with Gasteiger partial charge in [-0.3, -0.25) is 0 Å². The first-order valence-electron chi connectivity index (χ1n) is 5.14. The van der Waals surface area contributed by atoms with E-state index in [1.807, 2.05) is 18.2 Å². The zero-order valence-corrected chi connectivity index (χ0v) is 10.4. The van der Waals surface area contributed by atoms with E-state index in [2.05, 4.69) is 13.8 Å². The van der Waals surface area contributed by atoms with Crippen molar-refractivity contribution in [3.63, 3.8) is 0 Å². The van der Waals surface area contributed by atoms with Crippen LogP contribution < -0.4 is 5.73 Å². The molecule has 3 heteroatoms. The minimum atomic E-state index is 0.226. The van der Waals surface area contributed by atoms with E-state index < -0.39 is 0 Å². The summed E-state index contributed by atoms with van der Waals surface area (Å²) in [6, 6.07) is 5.66. The molecule has 15 heavy (non-hydrogen) atoms. The maximum atomic E-state index is 6.19.